The van der Waals surface area contributed by atoms with Crippen molar-refractivity contribution < 1.29 is 17.9 Å². The van der Waals surface area contributed by atoms with Crippen LogP contribution in [-0.4, -0.2) is 6.61 Å². The van der Waals surface area contributed by atoms with Gasteiger partial charge in [-0.15, -0.1) is 11.3 Å². The van der Waals surface area contributed by atoms with Crippen LogP contribution in [0.25, 0.3) is 21.6 Å². The van der Waals surface area contributed by atoms with Crippen molar-refractivity contribution >= 4 is 11.3 Å². The highest BCUT2D eigenvalue weighted by molar-refractivity contribution is 7.15. The summed E-state index contributed by atoms with van der Waals surface area (Å²) >= 11 is 1.48. The van der Waals surface area contributed by atoms with Gasteiger partial charge in [0.05, 0.1) is 0 Å². The smallest absolute Gasteiger partial charge is 0.201 e. The molecular formula is C23H19F3OS. The molecule has 1 nitrogen and oxygen atoms in total. The summed E-state index contributed by atoms with van der Waals surface area (Å²) in [5, 5.41) is 0. The Balaban J connectivity index is 1.60. The largest absolute Gasteiger partial charge is 0.486 e. The lowest BCUT2D eigenvalue weighted by atomic mass is 10.0. The lowest BCUT2D eigenvalue weighted by Crippen LogP contribution is -2.03. The van der Waals surface area contributed by atoms with E-state index in [1.165, 1.54) is 29.5 Å². The van der Waals surface area contributed by atoms with Gasteiger partial charge in [0.15, 0.2) is 11.6 Å². The molecular weight excluding hydrogens is 381 g/mol. The van der Waals surface area contributed by atoms with Crippen LogP contribution in [0.5, 0.6) is 5.75 Å². The maximum atomic E-state index is 14.6. The van der Waals surface area contributed by atoms with E-state index in [4.69, 9.17) is 4.74 Å². The van der Waals surface area contributed by atoms with E-state index in [-0.39, 0.29) is 23.5 Å². The van der Waals surface area contributed by atoms with Crippen LogP contribution in [0.1, 0.15) is 24.1 Å². The van der Waals surface area contributed by atoms with E-state index in [0.29, 0.717) is 5.56 Å². The molecule has 1 heterocycles. The van der Waals surface area contributed by atoms with E-state index in [1.807, 2.05) is 19.1 Å². The molecule has 0 radical (unpaired) electrons. The summed E-state index contributed by atoms with van der Waals surface area (Å²) in [6.45, 7) is 2.21. The Morgan fingerprint density at radius 1 is 0.964 bits per heavy atom. The first-order chi connectivity index (χ1) is 13.5. The van der Waals surface area contributed by atoms with E-state index in [2.05, 4.69) is 6.08 Å². The Morgan fingerprint density at radius 3 is 2.46 bits per heavy atom. The zero-order valence-electron chi connectivity index (χ0n) is 15.4. The van der Waals surface area contributed by atoms with E-state index < -0.39 is 17.5 Å². The van der Waals surface area contributed by atoms with Gasteiger partial charge in [0.25, 0.3) is 0 Å². The Hall–Kier alpha value is -2.53. The van der Waals surface area contributed by atoms with Crippen molar-refractivity contribution in [3.63, 3.8) is 0 Å². The standard InChI is InChI=1S/C23H19F3OS/c1-14-6-11-21(28-14)18-8-7-16(12-19(18)24)17-9-10-20(23(26)22(17)25)27-13-15-4-2-3-5-15/h4,6-12H,2-3,5,13H2,1H3. The highest BCUT2D eigenvalue weighted by Crippen LogP contribution is 2.35. The second-order valence-electron chi connectivity index (χ2n) is 6.89. The Labute approximate surface area is 166 Å². The molecule has 0 aliphatic heterocycles. The van der Waals surface area contributed by atoms with Crippen LogP contribution in [0.2, 0.25) is 0 Å². The van der Waals surface area contributed by atoms with Gasteiger partial charge in [-0.3, -0.25) is 0 Å². The topological polar surface area (TPSA) is 9.23 Å². The van der Waals surface area contributed by atoms with Crippen molar-refractivity contribution in [3.05, 3.63) is 76.4 Å². The summed E-state index contributed by atoms with van der Waals surface area (Å²) in [7, 11) is 0. The molecule has 144 valence electrons. The minimum atomic E-state index is -1.05. The second-order valence-corrected chi connectivity index (χ2v) is 8.18. The van der Waals surface area contributed by atoms with E-state index in [1.54, 1.807) is 12.1 Å². The van der Waals surface area contributed by atoms with E-state index in [9.17, 15) is 13.2 Å². The number of hydrogen-bond acceptors (Lipinski definition) is 2. The molecule has 0 spiro atoms. The molecule has 0 fully saturated rings. The summed E-state index contributed by atoms with van der Waals surface area (Å²) in [6.07, 6.45) is 5.07. The maximum Gasteiger partial charge on any atom is 0.201 e. The second kappa shape index (κ2) is 7.84. The van der Waals surface area contributed by atoms with Crippen molar-refractivity contribution in [3.8, 4) is 27.3 Å². The number of ether oxygens (including phenoxy) is 1. The van der Waals surface area contributed by atoms with Crippen LogP contribution in [0, 0.1) is 24.4 Å². The quantitative estimate of drug-likeness (QED) is 0.408. The van der Waals surface area contributed by atoms with Crippen molar-refractivity contribution in [2.75, 3.05) is 6.61 Å². The molecule has 28 heavy (non-hydrogen) atoms. The molecule has 1 aliphatic rings. The molecule has 3 aromatic rings. The first-order valence-electron chi connectivity index (χ1n) is 9.18. The van der Waals surface area contributed by atoms with Gasteiger partial charge in [-0.1, -0.05) is 12.1 Å². The van der Waals surface area contributed by atoms with Gasteiger partial charge in [-0.05, 0) is 73.7 Å². The van der Waals surface area contributed by atoms with Crippen LogP contribution in [0.3, 0.4) is 0 Å². The third-order valence-corrected chi connectivity index (χ3v) is 5.91. The summed E-state index contributed by atoms with van der Waals surface area (Å²) < 4.78 is 49.1. The normalized spacial score (nSPS) is 13.6. The first kappa shape index (κ1) is 18.8. The lowest BCUT2D eigenvalue weighted by molar-refractivity contribution is 0.322. The fourth-order valence-electron chi connectivity index (χ4n) is 3.37. The van der Waals surface area contributed by atoms with Crippen LogP contribution >= 0.6 is 11.3 Å². The van der Waals surface area contributed by atoms with E-state index in [0.717, 1.165) is 34.6 Å². The average Bonchev–Trinajstić information content (AvgIpc) is 3.34. The molecule has 0 saturated carbocycles. The molecule has 5 heteroatoms. The van der Waals surface area contributed by atoms with Crippen molar-refractivity contribution in [2.24, 2.45) is 0 Å². The number of aryl methyl sites for hydroxylation is 1. The number of allylic oxidation sites excluding steroid dienone is 1. The van der Waals surface area contributed by atoms with Gasteiger partial charge < -0.3 is 4.74 Å². The molecule has 0 saturated heterocycles. The summed E-state index contributed by atoms with van der Waals surface area (Å²) in [5.41, 5.74) is 1.85. The molecule has 0 bridgehead atoms. The fraction of sp³-hybridized carbons (Fsp3) is 0.217. The Morgan fingerprint density at radius 2 is 1.79 bits per heavy atom. The monoisotopic (exact) mass is 400 g/mol. The van der Waals surface area contributed by atoms with Gasteiger partial charge >= 0.3 is 0 Å². The number of rotatable bonds is 5. The SMILES string of the molecule is Cc1ccc(-c2ccc(-c3ccc(OCC4=CCCC4)c(F)c3F)cc2F)s1. The van der Waals surface area contributed by atoms with Crippen LogP contribution < -0.4 is 4.74 Å². The van der Waals surface area contributed by atoms with Crippen molar-refractivity contribution in [1.29, 1.82) is 0 Å². The van der Waals surface area contributed by atoms with Crippen LogP contribution in [0.4, 0.5) is 13.2 Å². The van der Waals surface area contributed by atoms with Gasteiger partial charge in [0.1, 0.15) is 12.4 Å². The molecule has 0 amide bonds. The number of benzene rings is 2. The molecule has 4 rings (SSSR count). The average molecular weight is 400 g/mol. The highest BCUT2D eigenvalue weighted by atomic mass is 32.1. The molecule has 1 aliphatic carbocycles. The van der Waals surface area contributed by atoms with E-state index >= 15 is 0 Å². The third kappa shape index (κ3) is 3.72. The predicted octanol–water partition coefficient (Wildman–Crippen LogP) is 7.30. The van der Waals surface area contributed by atoms with Gasteiger partial charge in [-0.25, -0.2) is 8.78 Å². The minimum Gasteiger partial charge on any atom is -0.486 e. The molecule has 0 N–H and O–H groups in total. The number of thiophene rings is 1. The van der Waals surface area contributed by atoms with Crippen molar-refractivity contribution in [1.82, 2.24) is 0 Å². The number of hydrogen-bond donors (Lipinski definition) is 0. The molecule has 0 unspecified atom stereocenters. The molecule has 2 aromatic carbocycles. The third-order valence-electron chi connectivity index (χ3n) is 4.88. The molecule has 0 atom stereocenters. The zero-order chi connectivity index (χ0) is 19.7. The fourth-order valence-corrected chi connectivity index (χ4v) is 4.26. The summed E-state index contributed by atoms with van der Waals surface area (Å²) in [4.78, 5) is 1.88. The van der Waals surface area contributed by atoms with Gasteiger partial charge in [-0.2, -0.15) is 4.39 Å². The van der Waals surface area contributed by atoms with Crippen LogP contribution in [-0.2, 0) is 0 Å². The van der Waals surface area contributed by atoms with Gasteiger partial charge in [0, 0.05) is 20.9 Å². The predicted molar refractivity (Wildman–Crippen MR) is 107 cm³/mol. The summed E-state index contributed by atoms with van der Waals surface area (Å²) in [6, 6.07) is 11.1. The maximum absolute atomic E-state index is 14.6. The lowest BCUT2D eigenvalue weighted by Gasteiger charge is -2.12. The van der Waals surface area contributed by atoms with Crippen LogP contribution in [0.15, 0.2) is 54.1 Å². The minimum absolute atomic E-state index is 0.0118. The summed E-state index contributed by atoms with van der Waals surface area (Å²) in [5.74, 6) is -2.67. The highest BCUT2D eigenvalue weighted by Gasteiger charge is 2.18. The van der Waals surface area contributed by atoms with Crippen molar-refractivity contribution in [2.45, 2.75) is 26.2 Å². The Bertz CT molecular complexity index is 1050. The Kier molecular flexibility index (Phi) is 5.27. The van der Waals surface area contributed by atoms with Gasteiger partial charge in [0.2, 0.25) is 5.82 Å². The molecule has 1 aromatic heterocycles. The first-order valence-corrected chi connectivity index (χ1v) is 10.00. The zero-order valence-corrected chi connectivity index (χ0v) is 16.2. The number of halogens is 3.